The molecule has 0 fully saturated rings. The number of hydrogen-bond acceptors (Lipinski definition) is 4. The van der Waals surface area contributed by atoms with Crippen molar-refractivity contribution in [2.24, 2.45) is 0 Å². The number of sulfonamides is 1. The molecular weight excluding hydrogens is 472 g/mol. The number of rotatable bonds is 10. The molecule has 6 nitrogen and oxygen atoms in total. The van der Waals surface area contributed by atoms with Gasteiger partial charge in [0.15, 0.2) is 0 Å². The van der Waals surface area contributed by atoms with Crippen LogP contribution < -0.4 is 14.4 Å². The minimum Gasteiger partial charge on any atom is -0.497 e. The van der Waals surface area contributed by atoms with Crippen LogP contribution in [0.1, 0.15) is 23.1 Å². The highest BCUT2D eigenvalue weighted by Gasteiger charge is 2.28. The lowest BCUT2D eigenvalue weighted by Gasteiger charge is -2.26. The first-order valence-electron chi connectivity index (χ1n) is 11.0. The molecule has 0 heterocycles. The molecule has 3 aromatic rings. The normalized spacial score (nSPS) is 11.2. The summed E-state index contributed by atoms with van der Waals surface area (Å²) in [6.45, 7) is 3.76. The molecular formula is C26H29ClN2O4S. The third kappa shape index (κ3) is 6.52. The van der Waals surface area contributed by atoms with Crippen LogP contribution in [-0.4, -0.2) is 34.5 Å². The standard InChI is InChI=1S/C26H29ClN2O4S/c1-19-6-13-24(14-7-19)34(31,32)29(25-15-10-22(27)17-20(25)2)18-26(30)28-16-4-5-21-8-11-23(33-3)12-9-21/h6-15,17H,4-5,16,18H2,1-3H3,(H,28,30). The van der Waals surface area contributed by atoms with E-state index < -0.39 is 10.0 Å². The maximum atomic E-state index is 13.5. The van der Waals surface area contributed by atoms with Gasteiger partial charge >= 0.3 is 0 Å². The number of carbonyl (C=O) groups excluding carboxylic acids is 1. The van der Waals surface area contributed by atoms with Gasteiger partial charge in [0.25, 0.3) is 10.0 Å². The van der Waals surface area contributed by atoms with E-state index in [9.17, 15) is 13.2 Å². The first-order chi connectivity index (χ1) is 16.2. The highest BCUT2D eigenvalue weighted by atomic mass is 35.5. The SMILES string of the molecule is COc1ccc(CCCNC(=O)CN(c2ccc(Cl)cc2C)S(=O)(=O)c2ccc(C)cc2)cc1. The summed E-state index contributed by atoms with van der Waals surface area (Å²) in [4.78, 5) is 12.9. The van der Waals surface area contributed by atoms with Crippen molar-refractivity contribution in [3.63, 3.8) is 0 Å². The average Bonchev–Trinajstić information content (AvgIpc) is 2.81. The second-order valence-corrected chi connectivity index (χ2v) is 10.4. The Kier molecular flexibility index (Phi) is 8.58. The summed E-state index contributed by atoms with van der Waals surface area (Å²) >= 11 is 6.07. The van der Waals surface area contributed by atoms with E-state index in [0.717, 1.165) is 34.0 Å². The van der Waals surface area contributed by atoms with Crippen LogP contribution >= 0.6 is 11.6 Å². The number of halogens is 1. The van der Waals surface area contributed by atoms with Crippen LogP contribution in [-0.2, 0) is 21.2 Å². The number of hydrogen-bond donors (Lipinski definition) is 1. The number of amides is 1. The van der Waals surface area contributed by atoms with E-state index in [4.69, 9.17) is 16.3 Å². The van der Waals surface area contributed by atoms with Gasteiger partial charge in [-0.05, 0) is 80.3 Å². The second kappa shape index (κ2) is 11.4. The van der Waals surface area contributed by atoms with E-state index >= 15 is 0 Å². The Bertz CT molecular complexity index is 1230. The number of aryl methyl sites for hydroxylation is 3. The van der Waals surface area contributed by atoms with Crippen molar-refractivity contribution < 1.29 is 17.9 Å². The largest absolute Gasteiger partial charge is 0.497 e. The quantitative estimate of drug-likeness (QED) is 0.401. The summed E-state index contributed by atoms with van der Waals surface area (Å²) in [7, 11) is -2.34. The van der Waals surface area contributed by atoms with Crippen LogP contribution in [0.25, 0.3) is 0 Å². The molecule has 0 aromatic heterocycles. The molecule has 3 aromatic carbocycles. The first-order valence-corrected chi connectivity index (χ1v) is 12.8. The topological polar surface area (TPSA) is 75.7 Å². The average molecular weight is 501 g/mol. The smallest absolute Gasteiger partial charge is 0.264 e. The summed E-state index contributed by atoms with van der Waals surface area (Å²) in [5, 5.41) is 3.34. The van der Waals surface area contributed by atoms with Crippen molar-refractivity contribution in [2.75, 3.05) is 24.5 Å². The zero-order valence-corrected chi connectivity index (χ0v) is 21.1. The summed E-state index contributed by atoms with van der Waals surface area (Å²) in [6.07, 6.45) is 1.51. The van der Waals surface area contributed by atoms with Gasteiger partial charge in [0.05, 0.1) is 17.7 Å². The van der Waals surface area contributed by atoms with Crippen molar-refractivity contribution in [2.45, 2.75) is 31.6 Å². The molecule has 0 aliphatic heterocycles. The number of nitrogens with zero attached hydrogens (tertiary/aromatic N) is 1. The van der Waals surface area contributed by atoms with Crippen LogP contribution in [0.4, 0.5) is 5.69 Å². The summed E-state index contributed by atoms with van der Waals surface area (Å²) < 4.78 is 33.3. The number of nitrogens with one attached hydrogen (secondary N) is 1. The van der Waals surface area contributed by atoms with Gasteiger partial charge in [0.2, 0.25) is 5.91 Å². The van der Waals surface area contributed by atoms with Gasteiger partial charge in [-0.1, -0.05) is 41.4 Å². The van der Waals surface area contributed by atoms with Crippen molar-refractivity contribution in [1.29, 1.82) is 0 Å². The van der Waals surface area contributed by atoms with Crippen molar-refractivity contribution in [3.05, 3.63) is 88.4 Å². The Labute approximate surface area is 206 Å². The molecule has 1 amide bonds. The Balaban J connectivity index is 1.71. The van der Waals surface area contributed by atoms with Gasteiger partial charge < -0.3 is 10.1 Å². The maximum Gasteiger partial charge on any atom is 0.264 e. The number of anilines is 1. The summed E-state index contributed by atoms with van der Waals surface area (Å²) in [5.74, 6) is 0.421. The monoisotopic (exact) mass is 500 g/mol. The highest BCUT2D eigenvalue weighted by Crippen LogP contribution is 2.29. The summed E-state index contributed by atoms with van der Waals surface area (Å²) in [5.41, 5.74) is 3.16. The second-order valence-electron chi connectivity index (χ2n) is 8.06. The molecule has 0 atom stereocenters. The van der Waals surface area contributed by atoms with Gasteiger partial charge in [-0.2, -0.15) is 0 Å². The molecule has 8 heteroatoms. The minimum absolute atomic E-state index is 0.125. The Morgan fingerprint density at radius 2 is 1.68 bits per heavy atom. The third-order valence-electron chi connectivity index (χ3n) is 5.45. The van der Waals surface area contributed by atoms with E-state index in [-0.39, 0.29) is 17.3 Å². The third-order valence-corrected chi connectivity index (χ3v) is 7.46. The lowest BCUT2D eigenvalue weighted by molar-refractivity contribution is -0.119. The van der Waals surface area contributed by atoms with Crippen molar-refractivity contribution >= 4 is 33.2 Å². The molecule has 0 unspecified atom stereocenters. The van der Waals surface area contributed by atoms with Crippen molar-refractivity contribution in [1.82, 2.24) is 5.32 Å². The molecule has 0 radical (unpaired) electrons. The molecule has 0 saturated heterocycles. The first kappa shape index (κ1) is 25.6. The molecule has 3 rings (SSSR count). The predicted octanol–water partition coefficient (Wildman–Crippen LogP) is 4.91. The molecule has 0 spiro atoms. The van der Waals surface area contributed by atoms with Crippen molar-refractivity contribution in [3.8, 4) is 5.75 Å². The van der Waals surface area contributed by atoms with Gasteiger partial charge in [-0.15, -0.1) is 0 Å². The van der Waals surface area contributed by atoms with Gasteiger partial charge in [-0.25, -0.2) is 8.42 Å². The molecule has 0 aliphatic carbocycles. The van der Waals surface area contributed by atoms with E-state index in [1.54, 1.807) is 56.5 Å². The van der Waals surface area contributed by atoms with Crippen LogP contribution in [0.5, 0.6) is 5.75 Å². The fourth-order valence-electron chi connectivity index (χ4n) is 3.53. The molecule has 0 saturated carbocycles. The van der Waals surface area contributed by atoms with E-state index in [2.05, 4.69) is 5.32 Å². The highest BCUT2D eigenvalue weighted by molar-refractivity contribution is 7.92. The van der Waals surface area contributed by atoms with Crippen LogP contribution in [0.3, 0.4) is 0 Å². The zero-order valence-electron chi connectivity index (χ0n) is 19.5. The van der Waals surface area contributed by atoms with E-state index in [0.29, 0.717) is 22.8 Å². The molecule has 34 heavy (non-hydrogen) atoms. The van der Waals surface area contributed by atoms with E-state index in [1.807, 2.05) is 31.2 Å². The number of methoxy groups -OCH3 is 1. The lowest BCUT2D eigenvalue weighted by atomic mass is 10.1. The van der Waals surface area contributed by atoms with Crippen LogP contribution in [0.2, 0.25) is 5.02 Å². The fourth-order valence-corrected chi connectivity index (χ4v) is 5.25. The van der Waals surface area contributed by atoms with E-state index in [1.165, 1.54) is 0 Å². The maximum absolute atomic E-state index is 13.5. The number of benzene rings is 3. The van der Waals surface area contributed by atoms with Crippen LogP contribution in [0, 0.1) is 13.8 Å². The Morgan fingerprint density at radius 1 is 1.00 bits per heavy atom. The molecule has 0 bridgehead atoms. The number of carbonyl (C=O) groups is 1. The Morgan fingerprint density at radius 3 is 2.29 bits per heavy atom. The fraction of sp³-hybridized carbons (Fsp3) is 0.269. The van der Waals surface area contributed by atoms with Gasteiger partial charge in [-0.3, -0.25) is 9.10 Å². The molecule has 1 N–H and O–H groups in total. The number of ether oxygens (including phenoxy) is 1. The van der Waals surface area contributed by atoms with Gasteiger partial charge in [0, 0.05) is 11.6 Å². The lowest BCUT2D eigenvalue weighted by Crippen LogP contribution is -2.41. The van der Waals surface area contributed by atoms with Gasteiger partial charge in [0.1, 0.15) is 12.3 Å². The molecule has 0 aliphatic rings. The molecule has 180 valence electrons. The predicted molar refractivity (Wildman–Crippen MR) is 136 cm³/mol. The zero-order chi connectivity index (χ0) is 24.7. The van der Waals surface area contributed by atoms with Crippen LogP contribution in [0.15, 0.2) is 71.6 Å². The minimum atomic E-state index is -3.96. The summed E-state index contributed by atoms with van der Waals surface area (Å²) in [6, 6.07) is 19.3. The Hall–Kier alpha value is -3.03.